The fraction of sp³-hybridized carbons (Fsp3) is 0.176. The van der Waals surface area contributed by atoms with E-state index in [-0.39, 0.29) is 17.3 Å². The first-order valence-corrected chi connectivity index (χ1v) is 10.6. The molecule has 26 heavy (non-hydrogen) atoms. The minimum absolute atomic E-state index is 0.0886. The maximum absolute atomic E-state index is 12.7. The van der Waals surface area contributed by atoms with Crippen molar-refractivity contribution in [3.05, 3.63) is 54.1 Å². The minimum atomic E-state index is -3.72. The number of hydrogen-bond donors (Lipinski definition) is 2. The number of hydrogen-bond acceptors (Lipinski definition) is 5. The van der Waals surface area contributed by atoms with E-state index in [0.29, 0.717) is 21.8 Å². The quantitative estimate of drug-likeness (QED) is 0.587. The SMILES string of the molecule is O=C(CCl)Nc1nc2c(S(=O)(=O)NCCc3ccccc3)cccc2s1. The van der Waals surface area contributed by atoms with Crippen LogP contribution in [0, 0.1) is 0 Å². The Bertz CT molecular complexity index is 1020. The number of rotatable bonds is 7. The molecule has 0 radical (unpaired) electrons. The predicted octanol–water partition coefficient (Wildman–Crippen LogP) is 2.99. The predicted molar refractivity (Wildman–Crippen MR) is 104 cm³/mol. The smallest absolute Gasteiger partial charge is 0.242 e. The number of para-hydroxylation sites is 1. The van der Waals surface area contributed by atoms with Gasteiger partial charge in [0.2, 0.25) is 15.9 Å². The second-order valence-electron chi connectivity index (χ2n) is 5.44. The van der Waals surface area contributed by atoms with Crippen molar-refractivity contribution in [2.75, 3.05) is 17.7 Å². The van der Waals surface area contributed by atoms with Gasteiger partial charge >= 0.3 is 0 Å². The standard InChI is InChI=1S/C17H16ClN3O3S2/c18-11-15(22)20-17-21-16-13(25-17)7-4-8-14(16)26(23,24)19-10-9-12-5-2-1-3-6-12/h1-8,19H,9-11H2,(H,20,21,22). The Morgan fingerprint density at radius 2 is 1.88 bits per heavy atom. The highest BCUT2D eigenvalue weighted by atomic mass is 35.5. The van der Waals surface area contributed by atoms with Crippen LogP contribution in [0.3, 0.4) is 0 Å². The van der Waals surface area contributed by atoms with Gasteiger partial charge in [0.1, 0.15) is 16.3 Å². The lowest BCUT2D eigenvalue weighted by Crippen LogP contribution is -2.26. The number of amides is 1. The number of carbonyl (C=O) groups excluding carboxylic acids is 1. The van der Waals surface area contributed by atoms with Crippen molar-refractivity contribution in [1.29, 1.82) is 0 Å². The molecule has 0 fully saturated rings. The van der Waals surface area contributed by atoms with Crippen LogP contribution in [0.25, 0.3) is 10.2 Å². The lowest BCUT2D eigenvalue weighted by atomic mass is 10.2. The summed E-state index contributed by atoms with van der Waals surface area (Å²) in [5, 5.41) is 2.86. The highest BCUT2D eigenvalue weighted by molar-refractivity contribution is 7.89. The van der Waals surface area contributed by atoms with E-state index in [0.717, 1.165) is 5.56 Å². The fourth-order valence-electron chi connectivity index (χ4n) is 2.40. The van der Waals surface area contributed by atoms with Crippen LogP contribution in [0.5, 0.6) is 0 Å². The number of aromatic nitrogens is 1. The average Bonchev–Trinajstić information content (AvgIpc) is 3.04. The molecule has 6 nitrogen and oxygen atoms in total. The number of thiazole rings is 1. The first-order valence-electron chi connectivity index (χ1n) is 7.78. The van der Waals surface area contributed by atoms with E-state index >= 15 is 0 Å². The highest BCUT2D eigenvalue weighted by Crippen LogP contribution is 2.30. The van der Waals surface area contributed by atoms with E-state index in [1.54, 1.807) is 12.1 Å². The molecule has 3 rings (SSSR count). The number of nitrogens with zero attached hydrogens (tertiary/aromatic N) is 1. The summed E-state index contributed by atoms with van der Waals surface area (Å²) in [6.45, 7) is 0.280. The van der Waals surface area contributed by atoms with Crippen LogP contribution >= 0.6 is 22.9 Å². The van der Waals surface area contributed by atoms with Gasteiger partial charge in [-0.05, 0) is 24.1 Å². The first-order chi connectivity index (χ1) is 12.5. The maximum Gasteiger partial charge on any atom is 0.242 e. The van der Waals surface area contributed by atoms with Gasteiger partial charge in [-0.3, -0.25) is 4.79 Å². The number of sulfonamides is 1. The molecular weight excluding hydrogens is 394 g/mol. The van der Waals surface area contributed by atoms with Crippen LogP contribution < -0.4 is 10.0 Å². The summed E-state index contributed by atoms with van der Waals surface area (Å²) in [5.41, 5.74) is 1.38. The van der Waals surface area contributed by atoms with Gasteiger partial charge in [-0.25, -0.2) is 18.1 Å². The lowest BCUT2D eigenvalue weighted by Gasteiger charge is -2.07. The Kier molecular flexibility index (Phi) is 5.87. The number of benzene rings is 2. The van der Waals surface area contributed by atoms with Crippen LogP contribution in [-0.4, -0.2) is 31.7 Å². The third-order valence-corrected chi connectivity index (χ3v) is 6.26. The third kappa shape index (κ3) is 4.39. The fourth-order valence-corrected chi connectivity index (χ4v) is 4.63. The second kappa shape index (κ2) is 8.13. The highest BCUT2D eigenvalue weighted by Gasteiger charge is 2.20. The van der Waals surface area contributed by atoms with Crippen LogP contribution in [-0.2, 0) is 21.2 Å². The van der Waals surface area contributed by atoms with Gasteiger partial charge in [0.25, 0.3) is 0 Å². The summed E-state index contributed by atoms with van der Waals surface area (Å²) in [6.07, 6.45) is 0.587. The second-order valence-corrected chi connectivity index (χ2v) is 8.47. The molecule has 0 saturated carbocycles. The molecule has 9 heteroatoms. The number of alkyl halides is 1. The van der Waals surface area contributed by atoms with E-state index in [2.05, 4.69) is 15.0 Å². The summed E-state index contributed by atoms with van der Waals surface area (Å²) >= 11 is 6.67. The molecule has 0 aliphatic carbocycles. The molecule has 0 atom stereocenters. The molecule has 0 bridgehead atoms. The molecule has 2 N–H and O–H groups in total. The Hall–Kier alpha value is -2.00. The van der Waals surface area contributed by atoms with Crippen molar-refractivity contribution in [1.82, 2.24) is 9.71 Å². The van der Waals surface area contributed by atoms with Gasteiger partial charge in [-0.1, -0.05) is 47.7 Å². The summed E-state index contributed by atoms with van der Waals surface area (Å²) in [4.78, 5) is 15.7. The van der Waals surface area contributed by atoms with Gasteiger partial charge in [0, 0.05) is 6.54 Å². The van der Waals surface area contributed by atoms with E-state index < -0.39 is 15.9 Å². The van der Waals surface area contributed by atoms with Gasteiger partial charge in [-0.2, -0.15) is 0 Å². The van der Waals surface area contributed by atoms with Crippen LogP contribution in [0.4, 0.5) is 5.13 Å². The summed E-state index contributed by atoms with van der Waals surface area (Å²) in [5.74, 6) is -0.585. The van der Waals surface area contributed by atoms with Crippen molar-refractivity contribution in [3.8, 4) is 0 Å². The topological polar surface area (TPSA) is 88.2 Å². The van der Waals surface area contributed by atoms with E-state index in [4.69, 9.17) is 11.6 Å². The molecule has 2 aromatic carbocycles. The molecule has 3 aromatic rings. The van der Waals surface area contributed by atoms with E-state index in [1.165, 1.54) is 17.4 Å². The van der Waals surface area contributed by atoms with Crippen molar-refractivity contribution < 1.29 is 13.2 Å². The van der Waals surface area contributed by atoms with E-state index in [9.17, 15) is 13.2 Å². The molecule has 1 amide bonds. The number of carbonyl (C=O) groups is 1. The van der Waals surface area contributed by atoms with Gasteiger partial charge in [-0.15, -0.1) is 11.6 Å². The minimum Gasteiger partial charge on any atom is -0.301 e. The zero-order valence-electron chi connectivity index (χ0n) is 13.6. The van der Waals surface area contributed by atoms with Gasteiger partial charge in [0.15, 0.2) is 5.13 Å². The molecule has 0 aliphatic heterocycles. The molecule has 1 heterocycles. The zero-order valence-corrected chi connectivity index (χ0v) is 16.0. The van der Waals surface area contributed by atoms with Crippen molar-refractivity contribution in [3.63, 3.8) is 0 Å². The number of anilines is 1. The molecule has 136 valence electrons. The Labute approximate surface area is 160 Å². The van der Waals surface area contributed by atoms with Crippen LogP contribution in [0.15, 0.2) is 53.4 Å². The van der Waals surface area contributed by atoms with Crippen LogP contribution in [0.1, 0.15) is 5.56 Å². The summed E-state index contributed by atoms with van der Waals surface area (Å²) in [7, 11) is -3.72. The molecule has 0 unspecified atom stereocenters. The molecule has 0 saturated heterocycles. The van der Waals surface area contributed by atoms with Gasteiger partial charge < -0.3 is 5.32 Å². The lowest BCUT2D eigenvalue weighted by molar-refractivity contribution is -0.113. The summed E-state index contributed by atoms with van der Waals surface area (Å²) < 4.78 is 28.6. The van der Waals surface area contributed by atoms with Gasteiger partial charge in [0.05, 0.1) is 4.70 Å². The normalized spacial score (nSPS) is 11.6. The summed E-state index contributed by atoms with van der Waals surface area (Å²) in [6, 6.07) is 14.5. The van der Waals surface area contributed by atoms with Crippen LogP contribution in [0.2, 0.25) is 0 Å². The van der Waals surface area contributed by atoms with Crippen molar-refractivity contribution in [2.45, 2.75) is 11.3 Å². The molecular formula is C17H16ClN3O3S2. The molecule has 0 spiro atoms. The zero-order chi connectivity index (χ0) is 18.6. The number of fused-ring (bicyclic) bond motifs is 1. The number of nitrogens with one attached hydrogen (secondary N) is 2. The maximum atomic E-state index is 12.7. The third-order valence-electron chi connectivity index (χ3n) is 3.59. The Balaban J connectivity index is 1.80. The molecule has 0 aliphatic rings. The van der Waals surface area contributed by atoms with Crippen molar-refractivity contribution in [2.24, 2.45) is 0 Å². The first kappa shape index (κ1) is 18.8. The largest absolute Gasteiger partial charge is 0.301 e. The average molecular weight is 410 g/mol. The Morgan fingerprint density at radius 3 is 2.62 bits per heavy atom. The Morgan fingerprint density at radius 1 is 1.12 bits per heavy atom. The van der Waals surface area contributed by atoms with Crippen molar-refractivity contribution >= 4 is 54.2 Å². The monoisotopic (exact) mass is 409 g/mol. The van der Waals surface area contributed by atoms with E-state index in [1.807, 2.05) is 30.3 Å². The number of halogens is 1. The molecule has 1 aromatic heterocycles.